The number of amides is 2. The third kappa shape index (κ3) is 5.91. The van der Waals surface area contributed by atoms with Crippen LogP contribution in [0.1, 0.15) is 23.0 Å². The Balaban J connectivity index is 1.69. The van der Waals surface area contributed by atoms with Gasteiger partial charge < -0.3 is 19.7 Å². The van der Waals surface area contributed by atoms with E-state index in [0.29, 0.717) is 45.9 Å². The summed E-state index contributed by atoms with van der Waals surface area (Å²) in [5.41, 5.74) is 3.22. The van der Waals surface area contributed by atoms with Gasteiger partial charge in [-0.3, -0.25) is 9.59 Å². The molecule has 0 bridgehead atoms. The lowest BCUT2D eigenvalue weighted by Crippen LogP contribution is -2.38. The summed E-state index contributed by atoms with van der Waals surface area (Å²) in [6.07, 6.45) is 0. The molecule has 1 aromatic heterocycles. The van der Waals surface area contributed by atoms with Crippen molar-refractivity contribution >= 4 is 52.0 Å². The Morgan fingerprint density at radius 3 is 2.53 bits per heavy atom. The molecule has 10 heteroatoms. The van der Waals surface area contributed by atoms with Crippen molar-refractivity contribution in [2.45, 2.75) is 13.5 Å². The number of nitrogens with zero attached hydrogens (tertiary/aromatic N) is 2. The lowest BCUT2D eigenvalue weighted by atomic mass is 10.1. The highest BCUT2D eigenvalue weighted by Crippen LogP contribution is 2.31. The first-order valence-corrected chi connectivity index (χ1v) is 11.3. The molecule has 168 valence electrons. The minimum atomic E-state index is -0.412. The quantitative estimate of drug-likeness (QED) is 0.446. The van der Waals surface area contributed by atoms with Crippen LogP contribution in [0.2, 0.25) is 10.0 Å². The van der Waals surface area contributed by atoms with Crippen LogP contribution in [0.4, 0.5) is 5.69 Å². The number of aromatic nitrogens is 1. The van der Waals surface area contributed by atoms with Crippen molar-refractivity contribution in [1.82, 2.24) is 9.88 Å². The van der Waals surface area contributed by atoms with E-state index in [1.54, 1.807) is 48.8 Å². The Morgan fingerprint density at radius 2 is 1.91 bits per heavy atom. The van der Waals surface area contributed by atoms with E-state index >= 15 is 0 Å². The second kappa shape index (κ2) is 11.2. The van der Waals surface area contributed by atoms with Crippen LogP contribution in [0.5, 0.6) is 11.5 Å². The molecule has 2 aromatic carbocycles. The Kier molecular flexibility index (Phi) is 8.33. The van der Waals surface area contributed by atoms with Crippen molar-refractivity contribution in [1.29, 1.82) is 0 Å². The van der Waals surface area contributed by atoms with Gasteiger partial charge >= 0.3 is 0 Å². The SMILES string of the molecule is CCN(CC(=O)Nc1c(Cl)cccc1Cl)C(=O)c1ccc(OCc2cscn2)c(OC)c1. The number of ether oxygens (including phenoxy) is 2. The van der Waals surface area contributed by atoms with Crippen molar-refractivity contribution < 1.29 is 19.1 Å². The summed E-state index contributed by atoms with van der Waals surface area (Å²) in [6, 6.07) is 9.80. The lowest BCUT2D eigenvalue weighted by molar-refractivity contribution is -0.116. The van der Waals surface area contributed by atoms with Crippen LogP contribution in [0.15, 0.2) is 47.3 Å². The zero-order chi connectivity index (χ0) is 23.1. The van der Waals surface area contributed by atoms with Crippen LogP contribution >= 0.6 is 34.5 Å². The first-order valence-electron chi connectivity index (χ1n) is 9.64. The molecule has 32 heavy (non-hydrogen) atoms. The van der Waals surface area contributed by atoms with Gasteiger partial charge in [0, 0.05) is 17.5 Å². The number of halogens is 2. The molecule has 2 amide bonds. The fourth-order valence-electron chi connectivity index (χ4n) is 2.86. The predicted octanol–water partition coefficient (Wildman–Crippen LogP) is 5.14. The standard InChI is InChI=1S/C22H21Cl2N3O4S/c1-3-27(10-20(28)26-21-16(23)5-4-6-17(21)24)22(29)14-7-8-18(19(9-14)30-2)31-11-15-12-32-13-25-15/h4-9,12-13H,3,10-11H2,1-2H3,(H,26,28). The fourth-order valence-corrected chi connectivity index (χ4v) is 3.89. The molecule has 0 aliphatic heterocycles. The maximum Gasteiger partial charge on any atom is 0.254 e. The van der Waals surface area contributed by atoms with Crippen molar-refractivity contribution in [3.05, 3.63) is 68.6 Å². The van der Waals surface area contributed by atoms with E-state index in [1.807, 2.05) is 5.38 Å². The van der Waals surface area contributed by atoms with Crippen molar-refractivity contribution in [3.8, 4) is 11.5 Å². The second-order valence-corrected chi connectivity index (χ2v) is 8.13. The van der Waals surface area contributed by atoms with Gasteiger partial charge in [0.15, 0.2) is 11.5 Å². The number of methoxy groups -OCH3 is 1. The minimum Gasteiger partial charge on any atom is -0.493 e. The maximum absolute atomic E-state index is 13.0. The minimum absolute atomic E-state index is 0.165. The summed E-state index contributed by atoms with van der Waals surface area (Å²) in [6.45, 7) is 2.24. The summed E-state index contributed by atoms with van der Waals surface area (Å²) >= 11 is 13.7. The summed E-state index contributed by atoms with van der Waals surface area (Å²) in [7, 11) is 1.50. The Morgan fingerprint density at radius 1 is 1.16 bits per heavy atom. The predicted molar refractivity (Wildman–Crippen MR) is 126 cm³/mol. The lowest BCUT2D eigenvalue weighted by Gasteiger charge is -2.21. The van der Waals surface area contributed by atoms with E-state index in [0.717, 1.165) is 5.69 Å². The highest BCUT2D eigenvalue weighted by molar-refractivity contribution is 7.07. The van der Waals surface area contributed by atoms with Gasteiger partial charge in [0.25, 0.3) is 5.91 Å². The number of hydrogen-bond donors (Lipinski definition) is 1. The Hall–Kier alpha value is -2.81. The number of benzene rings is 2. The van der Waals surface area contributed by atoms with Crippen LogP contribution in [0.3, 0.4) is 0 Å². The smallest absolute Gasteiger partial charge is 0.254 e. The highest BCUT2D eigenvalue weighted by Gasteiger charge is 2.20. The van der Waals surface area contributed by atoms with E-state index in [9.17, 15) is 9.59 Å². The zero-order valence-electron chi connectivity index (χ0n) is 17.4. The normalized spacial score (nSPS) is 10.5. The number of carbonyl (C=O) groups is 2. The van der Waals surface area contributed by atoms with Crippen LogP contribution in [0.25, 0.3) is 0 Å². The number of para-hydroxylation sites is 1. The number of anilines is 1. The number of rotatable bonds is 9. The molecule has 7 nitrogen and oxygen atoms in total. The largest absolute Gasteiger partial charge is 0.493 e. The molecule has 1 heterocycles. The van der Waals surface area contributed by atoms with Gasteiger partial charge in [-0.2, -0.15) is 0 Å². The monoisotopic (exact) mass is 493 g/mol. The molecular formula is C22H21Cl2N3O4S. The van der Waals surface area contributed by atoms with Crippen LogP contribution < -0.4 is 14.8 Å². The first kappa shape index (κ1) is 23.8. The molecule has 1 N–H and O–H groups in total. The molecule has 3 rings (SSSR count). The van der Waals surface area contributed by atoms with Gasteiger partial charge in [-0.05, 0) is 37.3 Å². The van der Waals surface area contributed by atoms with E-state index in [2.05, 4.69) is 10.3 Å². The van der Waals surface area contributed by atoms with Crippen LogP contribution in [-0.2, 0) is 11.4 Å². The Bertz CT molecular complexity index is 1070. The molecule has 0 fully saturated rings. The van der Waals surface area contributed by atoms with Crippen molar-refractivity contribution in [2.24, 2.45) is 0 Å². The number of hydrogen-bond acceptors (Lipinski definition) is 6. The van der Waals surface area contributed by atoms with Gasteiger partial charge in [-0.25, -0.2) is 4.98 Å². The molecule has 0 aliphatic carbocycles. The van der Waals surface area contributed by atoms with Gasteiger partial charge in [-0.1, -0.05) is 29.3 Å². The van der Waals surface area contributed by atoms with E-state index in [1.165, 1.54) is 23.3 Å². The summed E-state index contributed by atoms with van der Waals surface area (Å²) in [4.78, 5) is 31.1. The average Bonchev–Trinajstić information content (AvgIpc) is 3.31. The molecule has 0 spiro atoms. The molecule has 0 unspecified atom stereocenters. The fraction of sp³-hybridized carbons (Fsp3) is 0.227. The molecular weight excluding hydrogens is 473 g/mol. The molecule has 0 saturated heterocycles. The zero-order valence-corrected chi connectivity index (χ0v) is 19.8. The van der Waals surface area contributed by atoms with E-state index in [4.69, 9.17) is 32.7 Å². The van der Waals surface area contributed by atoms with Gasteiger partial charge in [-0.15, -0.1) is 11.3 Å². The summed E-state index contributed by atoms with van der Waals surface area (Å²) in [5.74, 6) is 0.170. The molecule has 0 atom stereocenters. The molecule has 3 aromatic rings. The number of carbonyl (C=O) groups excluding carboxylic acids is 2. The van der Waals surface area contributed by atoms with E-state index in [-0.39, 0.29) is 12.5 Å². The van der Waals surface area contributed by atoms with Crippen LogP contribution in [0, 0.1) is 0 Å². The number of thiazole rings is 1. The highest BCUT2D eigenvalue weighted by atomic mass is 35.5. The van der Waals surface area contributed by atoms with E-state index < -0.39 is 5.91 Å². The summed E-state index contributed by atoms with van der Waals surface area (Å²) in [5, 5.41) is 5.19. The topological polar surface area (TPSA) is 80.8 Å². The van der Waals surface area contributed by atoms with Gasteiger partial charge in [0.2, 0.25) is 5.91 Å². The third-order valence-corrected chi connectivity index (χ3v) is 5.77. The molecule has 0 radical (unpaired) electrons. The summed E-state index contributed by atoms with van der Waals surface area (Å²) < 4.78 is 11.1. The van der Waals surface area contributed by atoms with Crippen LogP contribution in [-0.4, -0.2) is 41.9 Å². The van der Waals surface area contributed by atoms with Gasteiger partial charge in [0.05, 0.1) is 34.0 Å². The number of likely N-dealkylation sites (N-methyl/N-ethyl adjacent to an activating group) is 1. The number of nitrogens with one attached hydrogen (secondary N) is 1. The maximum atomic E-state index is 13.0. The third-order valence-electron chi connectivity index (χ3n) is 4.50. The Labute approximate surface area is 199 Å². The molecule has 0 aliphatic rings. The van der Waals surface area contributed by atoms with Gasteiger partial charge in [0.1, 0.15) is 13.2 Å². The molecule has 0 saturated carbocycles. The first-order chi connectivity index (χ1) is 15.4. The second-order valence-electron chi connectivity index (χ2n) is 6.60. The average molecular weight is 494 g/mol. The van der Waals surface area contributed by atoms with Crippen molar-refractivity contribution in [2.75, 3.05) is 25.5 Å². The van der Waals surface area contributed by atoms with Crippen molar-refractivity contribution in [3.63, 3.8) is 0 Å².